The molecule has 2 atom stereocenters. The maximum Gasteiger partial charge on any atom is 0.240 e. The van der Waals surface area contributed by atoms with Gasteiger partial charge in [0.1, 0.15) is 0 Å². The maximum absolute atomic E-state index is 11.9. The molecule has 4 heteroatoms. The number of amides is 1. The quantitative estimate of drug-likeness (QED) is 0.657. The van der Waals surface area contributed by atoms with Gasteiger partial charge in [-0.2, -0.15) is 0 Å². The van der Waals surface area contributed by atoms with Crippen LogP contribution in [0.1, 0.15) is 25.7 Å². The molecule has 0 aromatic carbocycles. The van der Waals surface area contributed by atoms with Crippen LogP contribution in [-0.4, -0.2) is 41.1 Å². The lowest BCUT2D eigenvalue weighted by Crippen LogP contribution is -2.51. The fourth-order valence-electron chi connectivity index (χ4n) is 1.97. The molecule has 4 nitrogen and oxygen atoms in total. The smallest absolute Gasteiger partial charge is 0.240 e. The number of hydrogen-bond acceptors (Lipinski definition) is 3. The molecule has 1 rings (SSSR count). The van der Waals surface area contributed by atoms with Crippen LogP contribution >= 0.6 is 0 Å². The second-order valence-corrected chi connectivity index (χ2v) is 3.99. The molecule has 3 N–H and O–H groups in total. The molecular weight excluding hydrogens is 192 g/mol. The van der Waals surface area contributed by atoms with Crippen molar-refractivity contribution in [3.05, 3.63) is 12.7 Å². The summed E-state index contributed by atoms with van der Waals surface area (Å²) in [6.45, 7) is 4.32. The van der Waals surface area contributed by atoms with Gasteiger partial charge in [-0.25, -0.2) is 0 Å². The Morgan fingerprint density at radius 3 is 3.00 bits per heavy atom. The summed E-state index contributed by atoms with van der Waals surface area (Å²) in [6, 6.07) is -0.545. The van der Waals surface area contributed by atoms with E-state index in [-0.39, 0.29) is 18.6 Å². The second kappa shape index (κ2) is 5.88. The standard InChI is InChI=1S/C11H20N2O2/c1-2-5-10(12)11(15)13-7-4-3-6-9(13)8-14/h2,9-10,14H,1,3-8,12H2. The van der Waals surface area contributed by atoms with Crippen LogP contribution in [0.2, 0.25) is 0 Å². The predicted octanol–water partition coefficient (Wildman–Crippen LogP) is 0.263. The SMILES string of the molecule is C=CCC(N)C(=O)N1CCCCC1CO. The van der Waals surface area contributed by atoms with E-state index in [1.165, 1.54) is 0 Å². The van der Waals surface area contributed by atoms with E-state index in [0.29, 0.717) is 6.42 Å². The third kappa shape index (κ3) is 3.04. The van der Waals surface area contributed by atoms with Gasteiger partial charge in [-0.1, -0.05) is 6.08 Å². The van der Waals surface area contributed by atoms with Crippen molar-refractivity contribution in [1.29, 1.82) is 0 Å². The fourth-order valence-corrected chi connectivity index (χ4v) is 1.97. The Kier molecular flexibility index (Phi) is 4.78. The summed E-state index contributed by atoms with van der Waals surface area (Å²) in [4.78, 5) is 13.6. The number of carbonyl (C=O) groups excluding carboxylic acids is 1. The van der Waals surface area contributed by atoms with Crippen molar-refractivity contribution in [2.45, 2.75) is 37.8 Å². The molecule has 1 heterocycles. The summed E-state index contributed by atoms with van der Waals surface area (Å²) in [7, 11) is 0. The minimum absolute atomic E-state index is 0.0343. The molecule has 0 aliphatic carbocycles. The molecule has 2 unspecified atom stereocenters. The van der Waals surface area contributed by atoms with Gasteiger partial charge in [0.15, 0.2) is 0 Å². The molecule has 1 saturated heterocycles. The minimum atomic E-state index is -0.505. The van der Waals surface area contributed by atoms with Crippen LogP contribution in [0.25, 0.3) is 0 Å². The molecule has 0 spiro atoms. The number of carbonyl (C=O) groups is 1. The number of piperidine rings is 1. The monoisotopic (exact) mass is 212 g/mol. The van der Waals surface area contributed by atoms with E-state index in [0.717, 1.165) is 25.8 Å². The van der Waals surface area contributed by atoms with Crippen molar-refractivity contribution in [3.63, 3.8) is 0 Å². The summed E-state index contributed by atoms with van der Waals surface area (Å²) < 4.78 is 0. The highest BCUT2D eigenvalue weighted by Gasteiger charge is 2.28. The summed E-state index contributed by atoms with van der Waals surface area (Å²) in [6.07, 6.45) is 5.10. The molecule has 0 saturated carbocycles. The summed E-state index contributed by atoms with van der Waals surface area (Å²) in [5.74, 6) is -0.0614. The topological polar surface area (TPSA) is 66.6 Å². The zero-order chi connectivity index (χ0) is 11.3. The molecule has 0 bridgehead atoms. The van der Waals surface area contributed by atoms with Crippen molar-refractivity contribution >= 4 is 5.91 Å². The highest BCUT2D eigenvalue weighted by molar-refractivity contribution is 5.82. The van der Waals surface area contributed by atoms with Gasteiger partial charge in [-0.05, 0) is 25.7 Å². The largest absolute Gasteiger partial charge is 0.394 e. The van der Waals surface area contributed by atoms with Crippen LogP contribution in [-0.2, 0) is 4.79 Å². The Morgan fingerprint density at radius 1 is 1.67 bits per heavy atom. The lowest BCUT2D eigenvalue weighted by molar-refractivity contribution is -0.137. The lowest BCUT2D eigenvalue weighted by atomic mass is 10.0. The zero-order valence-corrected chi connectivity index (χ0v) is 9.06. The molecule has 1 aliphatic rings. The summed E-state index contributed by atoms with van der Waals surface area (Å²) >= 11 is 0. The van der Waals surface area contributed by atoms with Crippen LogP contribution in [0.15, 0.2) is 12.7 Å². The number of nitrogens with zero attached hydrogens (tertiary/aromatic N) is 1. The van der Waals surface area contributed by atoms with Crippen LogP contribution in [0.5, 0.6) is 0 Å². The van der Waals surface area contributed by atoms with Crippen LogP contribution in [0, 0.1) is 0 Å². The van der Waals surface area contributed by atoms with Crippen LogP contribution in [0.4, 0.5) is 0 Å². The van der Waals surface area contributed by atoms with E-state index in [1.807, 2.05) is 0 Å². The number of likely N-dealkylation sites (tertiary alicyclic amines) is 1. The van der Waals surface area contributed by atoms with Crippen LogP contribution in [0.3, 0.4) is 0 Å². The Labute approximate surface area is 90.7 Å². The van der Waals surface area contributed by atoms with Gasteiger partial charge in [0, 0.05) is 6.54 Å². The number of aliphatic hydroxyl groups is 1. The number of aliphatic hydroxyl groups excluding tert-OH is 1. The first-order chi connectivity index (χ1) is 7.20. The zero-order valence-electron chi connectivity index (χ0n) is 9.06. The van der Waals surface area contributed by atoms with Gasteiger partial charge in [0.05, 0.1) is 18.7 Å². The van der Waals surface area contributed by atoms with Crippen molar-refractivity contribution < 1.29 is 9.90 Å². The van der Waals surface area contributed by atoms with E-state index >= 15 is 0 Å². The van der Waals surface area contributed by atoms with E-state index in [2.05, 4.69) is 6.58 Å². The van der Waals surface area contributed by atoms with E-state index < -0.39 is 6.04 Å². The number of rotatable bonds is 4. The Balaban J connectivity index is 2.58. The van der Waals surface area contributed by atoms with E-state index in [1.54, 1.807) is 11.0 Å². The Morgan fingerprint density at radius 2 is 2.40 bits per heavy atom. The molecular formula is C11H20N2O2. The number of nitrogens with two attached hydrogens (primary N) is 1. The second-order valence-electron chi connectivity index (χ2n) is 3.99. The molecule has 0 aromatic rings. The van der Waals surface area contributed by atoms with Gasteiger partial charge < -0.3 is 15.7 Å². The highest BCUT2D eigenvalue weighted by Crippen LogP contribution is 2.17. The lowest BCUT2D eigenvalue weighted by Gasteiger charge is -2.36. The average molecular weight is 212 g/mol. The highest BCUT2D eigenvalue weighted by atomic mass is 16.3. The van der Waals surface area contributed by atoms with Gasteiger partial charge in [-0.15, -0.1) is 6.58 Å². The first-order valence-electron chi connectivity index (χ1n) is 5.48. The maximum atomic E-state index is 11.9. The fraction of sp³-hybridized carbons (Fsp3) is 0.727. The predicted molar refractivity (Wildman–Crippen MR) is 59.2 cm³/mol. The van der Waals surface area contributed by atoms with Crippen LogP contribution < -0.4 is 5.73 Å². The first kappa shape index (κ1) is 12.2. The average Bonchev–Trinajstić information content (AvgIpc) is 2.28. The van der Waals surface area contributed by atoms with Gasteiger partial charge in [-0.3, -0.25) is 4.79 Å². The van der Waals surface area contributed by atoms with E-state index in [9.17, 15) is 4.79 Å². The van der Waals surface area contributed by atoms with Crippen molar-refractivity contribution in [1.82, 2.24) is 4.90 Å². The third-order valence-electron chi connectivity index (χ3n) is 2.86. The van der Waals surface area contributed by atoms with Gasteiger partial charge in [0.25, 0.3) is 0 Å². The Bertz CT molecular complexity index is 231. The summed E-state index contributed by atoms with van der Waals surface area (Å²) in [5, 5.41) is 9.17. The molecule has 0 aromatic heterocycles. The van der Waals surface area contributed by atoms with Crippen molar-refractivity contribution in [2.24, 2.45) is 5.73 Å². The van der Waals surface area contributed by atoms with Crippen molar-refractivity contribution in [3.8, 4) is 0 Å². The third-order valence-corrected chi connectivity index (χ3v) is 2.86. The summed E-state index contributed by atoms with van der Waals surface area (Å²) in [5.41, 5.74) is 5.73. The minimum Gasteiger partial charge on any atom is -0.394 e. The number of hydrogen-bond donors (Lipinski definition) is 2. The molecule has 1 fully saturated rings. The van der Waals surface area contributed by atoms with Gasteiger partial charge in [0.2, 0.25) is 5.91 Å². The van der Waals surface area contributed by atoms with E-state index in [4.69, 9.17) is 10.8 Å². The molecule has 15 heavy (non-hydrogen) atoms. The molecule has 0 radical (unpaired) electrons. The first-order valence-corrected chi connectivity index (χ1v) is 5.48. The molecule has 1 amide bonds. The van der Waals surface area contributed by atoms with Gasteiger partial charge >= 0.3 is 0 Å². The molecule has 86 valence electrons. The van der Waals surface area contributed by atoms with Crippen molar-refractivity contribution in [2.75, 3.05) is 13.2 Å². The molecule has 1 aliphatic heterocycles. The Hall–Kier alpha value is -0.870. The normalized spacial score (nSPS) is 23.6.